The number of methoxy groups -OCH3 is 1. The number of amides is 1. The van der Waals surface area contributed by atoms with E-state index in [1.807, 2.05) is 63.2 Å². The maximum Gasteiger partial charge on any atom is 0.254 e. The van der Waals surface area contributed by atoms with Crippen LogP contribution in [0.3, 0.4) is 0 Å². The first-order valence-electron chi connectivity index (χ1n) is 13.7. The SMILES string of the molecule is CO[C@@H]1CN(C(=O)c2cc(C)ccc2C)C[C@H]1Oc1cccc(CS(=O)(=O)N2CCCC2c2cnccc2C)c1. The zero-order valence-electron chi connectivity index (χ0n) is 23.5. The highest BCUT2D eigenvalue weighted by Gasteiger charge is 2.38. The molecule has 8 nitrogen and oxygen atoms in total. The summed E-state index contributed by atoms with van der Waals surface area (Å²) in [5.74, 6) is 0.399. The summed E-state index contributed by atoms with van der Waals surface area (Å²) in [5, 5.41) is 0. The average Bonchev–Trinajstić information content (AvgIpc) is 3.58. The lowest BCUT2D eigenvalue weighted by atomic mass is 10.0. The molecule has 3 atom stereocenters. The molecule has 1 amide bonds. The maximum atomic E-state index is 13.6. The Bertz CT molecular complexity index is 1490. The number of hydrogen-bond acceptors (Lipinski definition) is 6. The van der Waals surface area contributed by atoms with Crippen LogP contribution >= 0.6 is 0 Å². The van der Waals surface area contributed by atoms with E-state index in [-0.39, 0.29) is 29.9 Å². The van der Waals surface area contributed by atoms with Gasteiger partial charge < -0.3 is 14.4 Å². The van der Waals surface area contributed by atoms with Crippen molar-refractivity contribution in [2.24, 2.45) is 0 Å². The number of sulfonamides is 1. The summed E-state index contributed by atoms with van der Waals surface area (Å²) in [6.07, 6.45) is 4.45. The number of likely N-dealkylation sites (tertiary alicyclic amines) is 1. The van der Waals surface area contributed by atoms with Gasteiger partial charge in [-0.3, -0.25) is 9.78 Å². The monoisotopic (exact) mass is 563 g/mol. The van der Waals surface area contributed by atoms with Crippen molar-refractivity contribution < 1.29 is 22.7 Å². The Balaban J connectivity index is 1.29. The molecule has 2 fully saturated rings. The van der Waals surface area contributed by atoms with Crippen molar-refractivity contribution in [3.63, 3.8) is 0 Å². The Morgan fingerprint density at radius 1 is 1.02 bits per heavy atom. The molecule has 0 bridgehead atoms. The maximum absolute atomic E-state index is 13.6. The van der Waals surface area contributed by atoms with Gasteiger partial charge in [0.05, 0.1) is 24.9 Å². The van der Waals surface area contributed by atoms with Gasteiger partial charge in [-0.2, -0.15) is 4.31 Å². The van der Waals surface area contributed by atoms with Gasteiger partial charge in [0.15, 0.2) is 0 Å². The number of carbonyl (C=O) groups is 1. The summed E-state index contributed by atoms with van der Waals surface area (Å²) in [6, 6.07) is 14.8. The molecule has 1 aromatic heterocycles. The van der Waals surface area contributed by atoms with Gasteiger partial charge in [-0.15, -0.1) is 0 Å². The summed E-state index contributed by atoms with van der Waals surface area (Å²) >= 11 is 0. The van der Waals surface area contributed by atoms with Crippen LogP contribution in [0.15, 0.2) is 60.9 Å². The predicted octanol–water partition coefficient (Wildman–Crippen LogP) is 4.59. The molecule has 212 valence electrons. The predicted molar refractivity (Wildman–Crippen MR) is 154 cm³/mol. The van der Waals surface area contributed by atoms with Gasteiger partial charge in [-0.1, -0.05) is 29.8 Å². The Hall–Kier alpha value is -3.27. The third-order valence-corrected chi connectivity index (χ3v) is 9.81. The molecule has 2 saturated heterocycles. The smallest absolute Gasteiger partial charge is 0.254 e. The molecule has 3 heterocycles. The molecule has 3 aromatic rings. The molecule has 0 saturated carbocycles. The second-order valence-electron chi connectivity index (χ2n) is 10.9. The van der Waals surface area contributed by atoms with Crippen molar-refractivity contribution in [3.8, 4) is 5.75 Å². The lowest BCUT2D eigenvalue weighted by molar-refractivity contribution is 0.0339. The lowest BCUT2D eigenvalue weighted by Crippen LogP contribution is -2.32. The molecule has 40 heavy (non-hydrogen) atoms. The quantitative estimate of drug-likeness (QED) is 0.398. The van der Waals surface area contributed by atoms with E-state index < -0.39 is 10.0 Å². The van der Waals surface area contributed by atoms with E-state index in [0.717, 1.165) is 35.1 Å². The number of rotatable bonds is 8. The highest BCUT2D eigenvalue weighted by Crippen LogP contribution is 2.36. The molecule has 0 radical (unpaired) electrons. The lowest BCUT2D eigenvalue weighted by Gasteiger charge is -2.25. The third kappa shape index (κ3) is 5.92. The minimum Gasteiger partial charge on any atom is -0.486 e. The highest BCUT2D eigenvalue weighted by molar-refractivity contribution is 7.88. The summed E-state index contributed by atoms with van der Waals surface area (Å²) in [5.41, 5.74) is 5.32. The fourth-order valence-electron chi connectivity index (χ4n) is 5.77. The second kappa shape index (κ2) is 11.7. The first-order valence-corrected chi connectivity index (χ1v) is 15.3. The zero-order chi connectivity index (χ0) is 28.4. The standard InChI is InChI=1S/C31H37N3O5S/c1-21-10-11-22(2)26(15-21)31(35)33-18-29(38-4)30(19-33)39-25-8-5-7-24(16-25)20-40(36,37)34-14-6-9-28(34)27-17-32-13-12-23(27)3/h5,7-8,10-13,15-17,28-30H,6,9,14,18-20H2,1-4H3/t28?,29-,30-/m1/s1. The molecule has 1 unspecified atom stereocenters. The number of benzene rings is 2. The fourth-order valence-corrected chi connectivity index (χ4v) is 7.55. The van der Waals surface area contributed by atoms with Crippen molar-refractivity contribution in [3.05, 3.63) is 94.3 Å². The van der Waals surface area contributed by atoms with Gasteiger partial charge in [-0.05, 0) is 80.1 Å². The van der Waals surface area contributed by atoms with Crippen molar-refractivity contribution in [1.29, 1.82) is 0 Å². The Labute approximate surface area is 237 Å². The molecule has 0 N–H and O–H groups in total. The number of aromatic nitrogens is 1. The van der Waals surface area contributed by atoms with Crippen LogP contribution in [0, 0.1) is 20.8 Å². The van der Waals surface area contributed by atoms with Gasteiger partial charge in [0.1, 0.15) is 18.0 Å². The van der Waals surface area contributed by atoms with Crippen molar-refractivity contribution in [2.75, 3.05) is 26.7 Å². The van der Waals surface area contributed by atoms with Crippen LogP contribution in [-0.2, 0) is 20.5 Å². The first kappa shape index (κ1) is 28.3. The molecule has 0 spiro atoms. The zero-order valence-corrected chi connectivity index (χ0v) is 24.4. The third-order valence-electron chi connectivity index (χ3n) is 7.96. The largest absolute Gasteiger partial charge is 0.486 e. The van der Waals surface area contributed by atoms with Crippen molar-refractivity contribution in [2.45, 2.75) is 57.6 Å². The van der Waals surface area contributed by atoms with Gasteiger partial charge in [0, 0.05) is 31.6 Å². The van der Waals surface area contributed by atoms with Crippen LogP contribution in [0.25, 0.3) is 0 Å². The second-order valence-corrected chi connectivity index (χ2v) is 12.8. The van der Waals surface area contributed by atoms with Gasteiger partial charge in [0.2, 0.25) is 10.0 Å². The minimum atomic E-state index is -3.57. The van der Waals surface area contributed by atoms with E-state index in [4.69, 9.17) is 9.47 Å². The van der Waals surface area contributed by atoms with Gasteiger partial charge in [0.25, 0.3) is 5.91 Å². The molecule has 9 heteroatoms. The number of pyridine rings is 1. The number of nitrogens with zero attached hydrogens (tertiary/aromatic N) is 3. The fraction of sp³-hybridized carbons (Fsp3) is 0.419. The van der Waals surface area contributed by atoms with Crippen LogP contribution in [0.1, 0.15) is 57.1 Å². The molecular weight excluding hydrogens is 526 g/mol. The van der Waals surface area contributed by atoms with E-state index in [1.54, 1.807) is 34.8 Å². The molecule has 0 aliphatic carbocycles. The van der Waals surface area contributed by atoms with Crippen molar-refractivity contribution >= 4 is 15.9 Å². The Morgan fingerprint density at radius 3 is 2.60 bits per heavy atom. The molecule has 2 aliphatic rings. The van der Waals surface area contributed by atoms with E-state index in [0.29, 0.717) is 36.5 Å². The van der Waals surface area contributed by atoms with E-state index >= 15 is 0 Å². The van der Waals surface area contributed by atoms with Crippen LogP contribution in [-0.4, -0.2) is 67.5 Å². The Morgan fingerprint density at radius 2 is 1.82 bits per heavy atom. The minimum absolute atomic E-state index is 0.0433. The summed E-state index contributed by atoms with van der Waals surface area (Å²) in [4.78, 5) is 19.3. The number of carbonyl (C=O) groups excluding carboxylic acids is 1. The number of aryl methyl sites for hydroxylation is 3. The summed E-state index contributed by atoms with van der Waals surface area (Å²) in [7, 11) is -1.96. The summed E-state index contributed by atoms with van der Waals surface area (Å²) in [6.45, 7) is 7.21. The topological polar surface area (TPSA) is 89.0 Å². The molecule has 2 aromatic carbocycles. The Kier molecular flexibility index (Phi) is 8.26. The van der Waals surface area contributed by atoms with E-state index in [9.17, 15) is 13.2 Å². The first-order chi connectivity index (χ1) is 19.2. The number of hydrogen-bond donors (Lipinski definition) is 0. The number of ether oxygens (including phenoxy) is 2. The molecular formula is C31H37N3O5S. The van der Waals surface area contributed by atoms with E-state index in [1.165, 1.54) is 0 Å². The van der Waals surface area contributed by atoms with E-state index in [2.05, 4.69) is 4.98 Å². The van der Waals surface area contributed by atoms with Crippen LogP contribution in [0.4, 0.5) is 0 Å². The average molecular weight is 564 g/mol. The molecule has 5 rings (SSSR count). The van der Waals surface area contributed by atoms with Crippen LogP contribution in [0.2, 0.25) is 0 Å². The summed E-state index contributed by atoms with van der Waals surface area (Å²) < 4.78 is 40.7. The normalized spacial score (nSPS) is 21.6. The van der Waals surface area contributed by atoms with Crippen LogP contribution < -0.4 is 4.74 Å². The van der Waals surface area contributed by atoms with Crippen molar-refractivity contribution in [1.82, 2.24) is 14.2 Å². The van der Waals surface area contributed by atoms with Gasteiger partial charge in [-0.25, -0.2) is 8.42 Å². The highest BCUT2D eigenvalue weighted by atomic mass is 32.2. The van der Waals surface area contributed by atoms with Gasteiger partial charge >= 0.3 is 0 Å². The van der Waals surface area contributed by atoms with Crippen LogP contribution in [0.5, 0.6) is 5.75 Å². The molecule has 2 aliphatic heterocycles.